The molecule has 21 heavy (non-hydrogen) atoms. The number of benzene rings is 1. The predicted molar refractivity (Wildman–Crippen MR) is 71.6 cm³/mol. The van der Waals surface area contributed by atoms with Crippen LogP contribution >= 0.6 is 0 Å². The molecule has 1 heterocycles. The van der Waals surface area contributed by atoms with Crippen LogP contribution in [0.3, 0.4) is 0 Å². The first-order valence-electron chi connectivity index (χ1n) is 6.34. The fraction of sp³-hybridized carbons (Fsp3) is 0.308. The number of fused-ring (bicyclic) bond motifs is 1. The van der Waals surface area contributed by atoms with Gasteiger partial charge in [-0.3, -0.25) is 10.1 Å². The summed E-state index contributed by atoms with van der Waals surface area (Å²) in [6.45, 7) is 3.62. The summed E-state index contributed by atoms with van der Waals surface area (Å²) in [7, 11) is 0. The third kappa shape index (κ3) is 2.99. The number of carbonyl (C=O) groups is 2. The molecule has 0 bridgehead atoms. The third-order valence-corrected chi connectivity index (χ3v) is 2.99. The largest absolute Gasteiger partial charge is 0.338 e. The van der Waals surface area contributed by atoms with Gasteiger partial charge < -0.3 is 9.88 Å². The van der Waals surface area contributed by atoms with Crippen molar-refractivity contribution in [1.82, 2.24) is 20.2 Å². The maximum absolute atomic E-state index is 13.3. The molecular formula is C13H14F2N4O2. The van der Waals surface area contributed by atoms with E-state index in [2.05, 4.69) is 15.6 Å². The zero-order chi connectivity index (χ0) is 15.6. The highest BCUT2D eigenvalue weighted by Crippen LogP contribution is 2.20. The van der Waals surface area contributed by atoms with Crippen molar-refractivity contribution in [3.63, 3.8) is 0 Å². The lowest BCUT2D eigenvalue weighted by molar-refractivity contribution is -0.122. The number of nitrogens with zero attached hydrogens (tertiary/aromatic N) is 2. The Kier molecular flexibility index (Phi) is 4.15. The van der Waals surface area contributed by atoms with Gasteiger partial charge in [0.15, 0.2) is 11.6 Å². The van der Waals surface area contributed by atoms with E-state index < -0.39 is 29.6 Å². The molecule has 1 aromatic carbocycles. The standard InChI is InChI=1S/C13H14F2N4O2/c1-3-16-13(21)18-12(20)7(2)19-6-17-10-4-8(14)9(15)5-11(10)19/h4-7H,3H2,1-2H3,(H2,16,18,20,21). The van der Waals surface area contributed by atoms with Crippen molar-refractivity contribution in [2.75, 3.05) is 6.54 Å². The average Bonchev–Trinajstić information content (AvgIpc) is 2.81. The van der Waals surface area contributed by atoms with Gasteiger partial charge in [-0.1, -0.05) is 0 Å². The van der Waals surface area contributed by atoms with Gasteiger partial charge in [-0.15, -0.1) is 0 Å². The summed E-state index contributed by atoms with van der Waals surface area (Å²) in [6.07, 6.45) is 1.30. The number of rotatable bonds is 3. The fourth-order valence-electron chi connectivity index (χ4n) is 1.88. The van der Waals surface area contributed by atoms with Crippen LogP contribution in [0.25, 0.3) is 11.0 Å². The Morgan fingerprint density at radius 2 is 2.00 bits per heavy atom. The van der Waals surface area contributed by atoms with Crippen molar-refractivity contribution in [3.05, 3.63) is 30.1 Å². The van der Waals surface area contributed by atoms with Crippen molar-refractivity contribution in [1.29, 1.82) is 0 Å². The van der Waals surface area contributed by atoms with Crippen molar-refractivity contribution in [3.8, 4) is 0 Å². The molecule has 2 rings (SSSR count). The molecule has 1 unspecified atom stereocenters. The summed E-state index contributed by atoms with van der Waals surface area (Å²) in [4.78, 5) is 27.2. The Bertz CT molecular complexity index is 699. The maximum atomic E-state index is 13.3. The second kappa shape index (κ2) is 5.86. The van der Waals surface area contributed by atoms with E-state index in [1.807, 2.05) is 0 Å². The summed E-state index contributed by atoms with van der Waals surface area (Å²) in [6, 6.07) is 0.502. The molecule has 112 valence electrons. The summed E-state index contributed by atoms with van der Waals surface area (Å²) in [5, 5.41) is 4.58. The molecule has 0 radical (unpaired) electrons. The molecule has 0 aliphatic rings. The molecular weight excluding hydrogens is 282 g/mol. The van der Waals surface area contributed by atoms with Crippen LogP contribution in [0.4, 0.5) is 13.6 Å². The van der Waals surface area contributed by atoms with Crippen LogP contribution in [0.2, 0.25) is 0 Å². The number of imide groups is 1. The van der Waals surface area contributed by atoms with Crippen LogP contribution in [0, 0.1) is 11.6 Å². The lowest BCUT2D eigenvalue weighted by Crippen LogP contribution is -2.42. The van der Waals surface area contributed by atoms with E-state index in [9.17, 15) is 18.4 Å². The molecule has 0 aliphatic carbocycles. The van der Waals surface area contributed by atoms with E-state index in [0.29, 0.717) is 6.54 Å². The Morgan fingerprint density at radius 3 is 2.67 bits per heavy atom. The molecule has 3 amide bonds. The minimum Gasteiger partial charge on any atom is -0.338 e. The summed E-state index contributed by atoms with van der Waals surface area (Å²) in [5.74, 6) is -2.61. The first-order valence-corrected chi connectivity index (χ1v) is 6.34. The highest BCUT2D eigenvalue weighted by Gasteiger charge is 2.20. The van der Waals surface area contributed by atoms with Crippen LogP contribution in [0.5, 0.6) is 0 Å². The van der Waals surface area contributed by atoms with Crippen LogP contribution < -0.4 is 10.6 Å². The summed E-state index contributed by atoms with van der Waals surface area (Å²) in [5.41, 5.74) is 0.499. The van der Waals surface area contributed by atoms with Gasteiger partial charge in [0.25, 0.3) is 5.91 Å². The molecule has 6 nitrogen and oxygen atoms in total. The number of imidazole rings is 1. The average molecular weight is 296 g/mol. The van der Waals surface area contributed by atoms with Crippen molar-refractivity contribution < 1.29 is 18.4 Å². The number of urea groups is 1. The van der Waals surface area contributed by atoms with Crippen molar-refractivity contribution in [2.24, 2.45) is 0 Å². The second-order valence-electron chi connectivity index (χ2n) is 4.43. The van der Waals surface area contributed by atoms with E-state index in [1.54, 1.807) is 6.92 Å². The van der Waals surface area contributed by atoms with Crippen LogP contribution in [0.15, 0.2) is 18.5 Å². The molecule has 0 saturated heterocycles. The maximum Gasteiger partial charge on any atom is 0.321 e. The minimum absolute atomic E-state index is 0.228. The molecule has 0 aliphatic heterocycles. The highest BCUT2D eigenvalue weighted by molar-refractivity contribution is 5.96. The van der Waals surface area contributed by atoms with Gasteiger partial charge >= 0.3 is 6.03 Å². The van der Waals surface area contributed by atoms with Gasteiger partial charge in [0.2, 0.25) is 0 Å². The number of halogens is 2. The Morgan fingerprint density at radius 1 is 1.33 bits per heavy atom. The molecule has 0 saturated carbocycles. The summed E-state index contributed by atoms with van der Waals surface area (Å²) < 4.78 is 27.8. The van der Waals surface area contributed by atoms with Crippen LogP contribution in [-0.4, -0.2) is 28.0 Å². The van der Waals surface area contributed by atoms with E-state index in [4.69, 9.17) is 0 Å². The molecule has 2 N–H and O–H groups in total. The number of carbonyl (C=O) groups excluding carboxylic acids is 2. The monoisotopic (exact) mass is 296 g/mol. The van der Waals surface area contributed by atoms with Crippen molar-refractivity contribution in [2.45, 2.75) is 19.9 Å². The van der Waals surface area contributed by atoms with Gasteiger partial charge in [0, 0.05) is 18.7 Å². The zero-order valence-electron chi connectivity index (χ0n) is 11.5. The number of hydrogen-bond donors (Lipinski definition) is 2. The minimum atomic E-state index is -1.03. The van der Waals surface area contributed by atoms with Gasteiger partial charge in [0.05, 0.1) is 17.4 Å². The highest BCUT2D eigenvalue weighted by atomic mass is 19.2. The van der Waals surface area contributed by atoms with Gasteiger partial charge in [-0.05, 0) is 13.8 Å². The molecule has 1 atom stereocenters. The first-order chi connectivity index (χ1) is 9.93. The smallest absolute Gasteiger partial charge is 0.321 e. The Balaban J connectivity index is 2.27. The number of amides is 3. The van der Waals surface area contributed by atoms with E-state index in [0.717, 1.165) is 12.1 Å². The zero-order valence-corrected chi connectivity index (χ0v) is 11.5. The summed E-state index contributed by atoms with van der Waals surface area (Å²) >= 11 is 0. The fourth-order valence-corrected chi connectivity index (χ4v) is 1.88. The first kappa shape index (κ1) is 14.9. The molecule has 0 spiro atoms. The topological polar surface area (TPSA) is 76.0 Å². The molecule has 0 fully saturated rings. The molecule has 8 heteroatoms. The molecule has 2 aromatic rings. The SMILES string of the molecule is CCNC(=O)NC(=O)C(C)n1cnc2cc(F)c(F)cc21. The Hall–Kier alpha value is -2.51. The van der Waals surface area contributed by atoms with Crippen LogP contribution in [0.1, 0.15) is 19.9 Å². The second-order valence-corrected chi connectivity index (χ2v) is 4.43. The van der Waals surface area contributed by atoms with E-state index in [-0.39, 0.29) is 11.0 Å². The normalized spacial score (nSPS) is 12.2. The van der Waals surface area contributed by atoms with Crippen molar-refractivity contribution >= 4 is 23.0 Å². The lowest BCUT2D eigenvalue weighted by Gasteiger charge is -2.14. The number of aromatic nitrogens is 2. The third-order valence-electron chi connectivity index (χ3n) is 2.99. The van der Waals surface area contributed by atoms with E-state index >= 15 is 0 Å². The van der Waals surface area contributed by atoms with Gasteiger partial charge in [-0.2, -0.15) is 0 Å². The lowest BCUT2D eigenvalue weighted by atomic mass is 10.2. The number of nitrogens with one attached hydrogen (secondary N) is 2. The van der Waals surface area contributed by atoms with Crippen LogP contribution in [-0.2, 0) is 4.79 Å². The molecule has 1 aromatic heterocycles. The van der Waals surface area contributed by atoms with Gasteiger partial charge in [-0.25, -0.2) is 18.6 Å². The quantitative estimate of drug-likeness (QED) is 0.905. The van der Waals surface area contributed by atoms with E-state index in [1.165, 1.54) is 17.8 Å². The van der Waals surface area contributed by atoms with Gasteiger partial charge in [0.1, 0.15) is 6.04 Å². The number of hydrogen-bond acceptors (Lipinski definition) is 3. The predicted octanol–water partition coefficient (Wildman–Crippen LogP) is 1.72. The Labute approximate surface area is 119 Å².